The van der Waals surface area contributed by atoms with Crippen molar-refractivity contribution in [3.8, 4) is 6.07 Å². The number of hydrogen-bond donors (Lipinski definition) is 1. The Morgan fingerprint density at radius 3 is 2.70 bits per heavy atom. The van der Waals surface area contributed by atoms with Crippen molar-refractivity contribution in [3.05, 3.63) is 29.8 Å². The van der Waals surface area contributed by atoms with E-state index in [-0.39, 0.29) is 11.9 Å². The van der Waals surface area contributed by atoms with Crippen molar-refractivity contribution >= 4 is 17.6 Å². The summed E-state index contributed by atoms with van der Waals surface area (Å²) in [5, 5.41) is 11.5. The van der Waals surface area contributed by atoms with Gasteiger partial charge in [0.25, 0.3) is 5.91 Å². The molecule has 1 aliphatic carbocycles. The van der Waals surface area contributed by atoms with Crippen molar-refractivity contribution in [1.29, 1.82) is 5.26 Å². The molecule has 0 bridgehead atoms. The van der Waals surface area contributed by atoms with Gasteiger partial charge in [-0.2, -0.15) is 5.26 Å². The van der Waals surface area contributed by atoms with Gasteiger partial charge in [-0.3, -0.25) is 9.59 Å². The molecule has 0 spiro atoms. The largest absolute Gasteiger partial charge is 0.452 e. The summed E-state index contributed by atoms with van der Waals surface area (Å²) in [6.07, 6.45) is 1.85. The minimum Gasteiger partial charge on any atom is -0.452 e. The molecule has 1 saturated carbocycles. The molecular weight excluding hydrogens is 256 g/mol. The van der Waals surface area contributed by atoms with Crippen LogP contribution in [0.15, 0.2) is 24.3 Å². The molecule has 2 rings (SSSR count). The minimum absolute atomic E-state index is 0.0587. The van der Waals surface area contributed by atoms with Crippen molar-refractivity contribution in [3.63, 3.8) is 0 Å². The standard InChI is InChI=1S/C15H16N2O3/c1-10(20-15(19)11-6-4-7-11)14(18)17-13-8-3-2-5-12(13)9-16/h2-3,5,8,10-11H,4,6-7H2,1H3,(H,17,18). The van der Waals surface area contributed by atoms with Crippen LogP contribution in [-0.2, 0) is 14.3 Å². The summed E-state index contributed by atoms with van der Waals surface area (Å²) >= 11 is 0. The highest BCUT2D eigenvalue weighted by Crippen LogP contribution is 2.27. The molecule has 5 heteroatoms. The summed E-state index contributed by atoms with van der Waals surface area (Å²) in [5.74, 6) is -0.801. The quantitative estimate of drug-likeness (QED) is 0.852. The van der Waals surface area contributed by atoms with Crippen LogP contribution in [0.25, 0.3) is 0 Å². The van der Waals surface area contributed by atoms with Gasteiger partial charge < -0.3 is 10.1 Å². The normalized spacial score (nSPS) is 15.6. The first kappa shape index (κ1) is 14.1. The zero-order chi connectivity index (χ0) is 14.5. The van der Waals surface area contributed by atoms with Crippen molar-refractivity contribution in [2.75, 3.05) is 5.32 Å². The van der Waals surface area contributed by atoms with E-state index in [2.05, 4.69) is 5.32 Å². The SMILES string of the molecule is CC(OC(=O)C1CCC1)C(=O)Nc1ccccc1C#N. The molecule has 0 saturated heterocycles. The van der Waals surface area contributed by atoms with E-state index in [0.717, 1.165) is 19.3 Å². The number of carbonyl (C=O) groups excluding carboxylic acids is 2. The second kappa shape index (κ2) is 6.20. The van der Waals surface area contributed by atoms with Gasteiger partial charge in [0.2, 0.25) is 0 Å². The van der Waals surface area contributed by atoms with Crippen LogP contribution < -0.4 is 5.32 Å². The van der Waals surface area contributed by atoms with Gasteiger partial charge in [-0.25, -0.2) is 0 Å². The van der Waals surface area contributed by atoms with Gasteiger partial charge in [0.1, 0.15) is 6.07 Å². The minimum atomic E-state index is -0.866. The van der Waals surface area contributed by atoms with Crippen molar-refractivity contribution in [2.24, 2.45) is 5.92 Å². The van der Waals surface area contributed by atoms with Gasteiger partial charge in [0, 0.05) is 0 Å². The van der Waals surface area contributed by atoms with Crippen LogP contribution >= 0.6 is 0 Å². The third-order valence-electron chi connectivity index (χ3n) is 3.41. The van der Waals surface area contributed by atoms with Crippen LogP contribution in [0.4, 0.5) is 5.69 Å². The van der Waals surface area contributed by atoms with Gasteiger partial charge in [-0.1, -0.05) is 18.6 Å². The van der Waals surface area contributed by atoms with Gasteiger partial charge >= 0.3 is 5.97 Å². The zero-order valence-corrected chi connectivity index (χ0v) is 11.3. The fourth-order valence-electron chi connectivity index (χ4n) is 1.89. The number of nitrogens with one attached hydrogen (secondary N) is 1. The van der Waals surface area contributed by atoms with E-state index in [4.69, 9.17) is 10.00 Å². The monoisotopic (exact) mass is 272 g/mol. The summed E-state index contributed by atoms with van der Waals surface area (Å²) in [6.45, 7) is 1.53. The molecule has 1 atom stereocenters. The fraction of sp³-hybridized carbons (Fsp3) is 0.400. The molecule has 1 amide bonds. The van der Waals surface area contributed by atoms with E-state index in [9.17, 15) is 9.59 Å². The first-order chi connectivity index (χ1) is 9.61. The first-order valence-electron chi connectivity index (χ1n) is 6.62. The number of benzene rings is 1. The smallest absolute Gasteiger partial charge is 0.309 e. The number of nitrogens with zero attached hydrogens (tertiary/aromatic N) is 1. The lowest BCUT2D eigenvalue weighted by molar-refractivity contribution is -0.159. The second-order valence-corrected chi connectivity index (χ2v) is 4.85. The third-order valence-corrected chi connectivity index (χ3v) is 3.41. The number of para-hydroxylation sites is 1. The molecule has 0 radical (unpaired) electrons. The molecule has 5 nitrogen and oxygen atoms in total. The number of anilines is 1. The lowest BCUT2D eigenvalue weighted by atomic mass is 9.86. The summed E-state index contributed by atoms with van der Waals surface area (Å²) in [5.41, 5.74) is 0.796. The highest BCUT2D eigenvalue weighted by Gasteiger charge is 2.29. The van der Waals surface area contributed by atoms with E-state index in [1.807, 2.05) is 6.07 Å². The number of carbonyl (C=O) groups is 2. The molecule has 1 fully saturated rings. The van der Waals surface area contributed by atoms with Crippen LogP contribution in [0, 0.1) is 17.2 Å². The molecule has 104 valence electrons. The maximum absolute atomic E-state index is 11.9. The molecule has 0 aliphatic heterocycles. The van der Waals surface area contributed by atoms with E-state index < -0.39 is 12.0 Å². The molecule has 0 heterocycles. The molecular formula is C15H16N2O3. The van der Waals surface area contributed by atoms with E-state index >= 15 is 0 Å². The molecule has 1 aliphatic rings. The average molecular weight is 272 g/mol. The highest BCUT2D eigenvalue weighted by molar-refractivity contribution is 5.96. The number of rotatable bonds is 4. The molecule has 1 aromatic carbocycles. The summed E-state index contributed by atoms with van der Waals surface area (Å²) < 4.78 is 5.13. The molecule has 1 unspecified atom stereocenters. The summed E-state index contributed by atoms with van der Waals surface area (Å²) in [6, 6.07) is 8.68. The first-order valence-corrected chi connectivity index (χ1v) is 6.62. The Morgan fingerprint density at radius 2 is 2.10 bits per heavy atom. The Bertz CT molecular complexity index is 558. The predicted molar refractivity (Wildman–Crippen MR) is 72.7 cm³/mol. The van der Waals surface area contributed by atoms with Crippen molar-refractivity contribution in [2.45, 2.75) is 32.3 Å². The van der Waals surface area contributed by atoms with Crippen molar-refractivity contribution in [1.82, 2.24) is 0 Å². The number of amides is 1. The maximum Gasteiger partial charge on any atom is 0.309 e. The maximum atomic E-state index is 11.9. The van der Waals surface area contributed by atoms with E-state index in [1.165, 1.54) is 6.92 Å². The van der Waals surface area contributed by atoms with E-state index in [0.29, 0.717) is 11.3 Å². The van der Waals surface area contributed by atoms with Crippen molar-refractivity contribution < 1.29 is 14.3 Å². The molecule has 0 aromatic heterocycles. The summed E-state index contributed by atoms with van der Waals surface area (Å²) in [7, 11) is 0. The predicted octanol–water partition coefficient (Wildman–Crippen LogP) is 2.23. The molecule has 20 heavy (non-hydrogen) atoms. The number of ether oxygens (including phenoxy) is 1. The number of nitriles is 1. The number of esters is 1. The Morgan fingerprint density at radius 1 is 1.40 bits per heavy atom. The third kappa shape index (κ3) is 3.15. The van der Waals surface area contributed by atoms with Gasteiger partial charge in [-0.15, -0.1) is 0 Å². The zero-order valence-electron chi connectivity index (χ0n) is 11.3. The van der Waals surface area contributed by atoms with Crippen LogP contribution in [-0.4, -0.2) is 18.0 Å². The van der Waals surface area contributed by atoms with Crippen LogP contribution in [0.1, 0.15) is 31.7 Å². The Kier molecular flexibility index (Phi) is 4.36. The van der Waals surface area contributed by atoms with Gasteiger partial charge in [0.15, 0.2) is 6.10 Å². The Balaban J connectivity index is 1.93. The highest BCUT2D eigenvalue weighted by atomic mass is 16.5. The fourth-order valence-corrected chi connectivity index (χ4v) is 1.89. The Labute approximate surface area is 117 Å². The summed E-state index contributed by atoms with van der Waals surface area (Å²) in [4.78, 5) is 23.6. The van der Waals surface area contributed by atoms with E-state index in [1.54, 1.807) is 24.3 Å². The van der Waals surface area contributed by atoms with Gasteiger partial charge in [0.05, 0.1) is 17.2 Å². The van der Waals surface area contributed by atoms with Crippen LogP contribution in [0.3, 0.4) is 0 Å². The second-order valence-electron chi connectivity index (χ2n) is 4.85. The van der Waals surface area contributed by atoms with Gasteiger partial charge in [-0.05, 0) is 31.9 Å². The van der Waals surface area contributed by atoms with Crippen LogP contribution in [0.2, 0.25) is 0 Å². The average Bonchev–Trinajstić information content (AvgIpc) is 2.37. The molecule has 1 aromatic rings. The molecule has 1 N–H and O–H groups in total. The lowest BCUT2D eigenvalue weighted by Crippen LogP contribution is -2.34. The Hall–Kier alpha value is -2.35. The number of hydrogen-bond acceptors (Lipinski definition) is 4. The van der Waals surface area contributed by atoms with Crippen LogP contribution in [0.5, 0.6) is 0 Å². The topological polar surface area (TPSA) is 79.2 Å². The lowest BCUT2D eigenvalue weighted by Gasteiger charge is -2.24.